The molecule has 0 fully saturated rings. The van der Waals surface area contributed by atoms with Gasteiger partial charge in [0.05, 0.1) is 5.56 Å². The highest BCUT2D eigenvalue weighted by atomic mass is 19.4. The van der Waals surface area contributed by atoms with Crippen molar-refractivity contribution in [3.05, 3.63) is 59.2 Å². The van der Waals surface area contributed by atoms with E-state index in [0.717, 1.165) is 23.3 Å². The van der Waals surface area contributed by atoms with Gasteiger partial charge in [-0.25, -0.2) is 0 Å². The van der Waals surface area contributed by atoms with Crippen LogP contribution < -0.4 is 15.2 Å². The van der Waals surface area contributed by atoms with E-state index in [0.29, 0.717) is 31.1 Å². The molecule has 3 nitrogen and oxygen atoms in total. The van der Waals surface area contributed by atoms with Crippen LogP contribution in [0, 0.1) is 0 Å². The molecule has 1 unspecified atom stereocenters. The molecule has 140 valence electrons. The first-order valence-corrected chi connectivity index (χ1v) is 8.52. The van der Waals surface area contributed by atoms with Crippen LogP contribution in [0.4, 0.5) is 13.2 Å². The SMILES string of the molecule is CC1(C)CC(c2ccc(C(F)(F)F)cc2)c2ccc(OCCN)cc2O1. The van der Waals surface area contributed by atoms with Crippen molar-refractivity contribution in [2.24, 2.45) is 5.73 Å². The van der Waals surface area contributed by atoms with E-state index in [4.69, 9.17) is 15.2 Å². The number of alkyl halides is 3. The number of halogens is 3. The van der Waals surface area contributed by atoms with E-state index in [1.807, 2.05) is 32.0 Å². The Kier molecular flexibility index (Phi) is 4.88. The molecule has 0 bridgehead atoms. The minimum Gasteiger partial charge on any atom is -0.492 e. The molecule has 1 atom stereocenters. The normalized spacial score (nSPS) is 18.8. The first kappa shape index (κ1) is 18.6. The average molecular weight is 365 g/mol. The summed E-state index contributed by atoms with van der Waals surface area (Å²) in [5, 5.41) is 0. The molecule has 0 spiro atoms. The predicted molar refractivity (Wildman–Crippen MR) is 93.6 cm³/mol. The summed E-state index contributed by atoms with van der Waals surface area (Å²) in [7, 11) is 0. The third-order valence-corrected chi connectivity index (χ3v) is 4.47. The minimum atomic E-state index is -4.33. The molecule has 6 heteroatoms. The highest BCUT2D eigenvalue weighted by molar-refractivity contribution is 5.49. The fraction of sp³-hybridized carbons (Fsp3) is 0.400. The monoisotopic (exact) mass is 365 g/mol. The molecule has 0 aromatic heterocycles. The largest absolute Gasteiger partial charge is 0.492 e. The summed E-state index contributed by atoms with van der Waals surface area (Å²) in [6.07, 6.45) is -3.66. The molecule has 3 rings (SSSR count). The van der Waals surface area contributed by atoms with Crippen LogP contribution in [-0.2, 0) is 6.18 Å². The van der Waals surface area contributed by atoms with Gasteiger partial charge in [0.1, 0.15) is 23.7 Å². The van der Waals surface area contributed by atoms with Crippen molar-refractivity contribution < 1.29 is 22.6 Å². The Bertz CT molecular complexity index is 770. The summed E-state index contributed by atoms with van der Waals surface area (Å²) in [4.78, 5) is 0. The molecule has 0 saturated carbocycles. The van der Waals surface area contributed by atoms with Gasteiger partial charge in [0, 0.05) is 24.1 Å². The zero-order valence-corrected chi connectivity index (χ0v) is 14.8. The molecule has 1 aliphatic rings. The number of benzene rings is 2. The van der Waals surface area contributed by atoms with Gasteiger partial charge in [-0.15, -0.1) is 0 Å². The summed E-state index contributed by atoms with van der Waals surface area (Å²) < 4.78 is 50.1. The molecule has 0 radical (unpaired) electrons. The minimum absolute atomic E-state index is 0.0420. The van der Waals surface area contributed by atoms with Gasteiger partial charge in [0.15, 0.2) is 0 Å². The molecule has 0 aliphatic carbocycles. The standard InChI is InChI=1S/C20H22F3NO2/c1-19(2)12-17(13-3-5-14(6-4-13)20(21,22)23)16-8-7-15(25-10-9-24)11-18(16)26-19/h3-8,11,17H,9-10,12,24H2,1-2H3. The summed E-state index contributed by atoms with van der Waals surface area (Å²) in [6.45, 7) is 4.77. The molecule has 26 heavy (non-hydrogen) atoms. The summed E-state index contributed by atoms with van der Waals surface area (Å²) in [6, 6.07) is 11.0. The van der Waals surface area contributed by atoms with Gasteiger partial charge in [-0.3, -0.25) is 0 Å². The molecular weight excluding hydrogens is 343 g/mol. The Hall–Kier alpha value is -2.21. The second-order valence-electron chi connectivity index (χ2n) is 7.08. The predicted octanol–water partition coefficient (Wildman–Crippen LogP) is 4.74. The number of hydrogen-bond donors (Lipinski definition) is 1. The molecule has 2 aromatic rings. The maximum Gasteiger partial charge on any atom is 0.416 e. The number of fused-ring (bicyclic) bond motifs is 1. The third kappa shape index (κ3) is 3.96. The Morgan fingerprint density at radius 1 is 1.15 bits per heavy atom. The Labute approximate surface area is 150 Å². The number of rotatable bonds is 4. The van der Waals surface area contributed by atoms with Gasteiger partial charge in [0.2, 0.25) is 0 Å². The highest BCUT2D eigenvalue weighted by Gasteiger charge is 2.36. The lowest BCUT2D eigenvalue weighted by Crippen LogP contribution is -2.35. The van der Waals surface area contributed by atoms with Gasteiger partial charge in [-0.2, -0.15) is 13.2 Å². The number of nitrogens with two attached hydrogens (primary N) is 1. The van der Waals surface area contributed by atoms with E-state index in [1.54, 1.807) is 12.1 Å². The van der Waals surface area contributed by atoms with Crippen LogP contribution in [-0.4, -0.2) is 18.8 Å². The van der Waals surface area contributed by atoms with Crippen molar-refractivity contribution >= 4 is 0 Å². The van der Waals surface area contributed by atoms with Crippen molar-refractivity contribution in [2.45, 2.75) is 38.0 Å². The summed E-state index contributed by atoms with van der Waals surface area (Å²) in [5.41, 5.74) is 6.17. The maximum absolute atomic E-state index is 12.8. The van der Waals surface area contributed by atoms with Crippen LogP contribution in [0.25, 0.3) is 0 Å². The van der Waals surface area contributed by atoms with E-state index >= 15 is 0 Å². The quantitative estimate of drug-likeness (QED) is 0.851. The van der Waals surface area contributed by atoms with Crippen molar-refractivity contribution in [1.82, 2.24) is 0 Å². The fourth-order valence-electron chi connectivity index (χ4n) is 3.30. The van der Waals surface area contributed by atoms with E-state index in [-0.39, 0.29) is 5.92 Å². The van der Waals surface area contributed by atoms with E-state index in [9.17, 15) is 13.2 Å². The first-order valence-electron chi connectivity index (χ1n) is 8.52. The van der Waals surface area contributed by atoms with Crippen molar-refractivity contribution in [1.29, 1.82) is 0 Å². The van der Waals surface area contributed by atoms with Crippen LogP contribution in [0.2, 0.25) is 0 Å². The van der Waals surface area contributed by atoms with E-state index in [2.05, 4.69) is 0 Å². The molecular formula is C20H22F3NO2. The lowest BCUT2D eigenvalue weighted by atomic mass is 9.80. The topological polar surface area (TPSA) is 44.5 Å². The highest BCUT2D eigenvalue weighted by Crippen LogP contribution is 2.45. The van der Waals surface area contributed by atoms with Crippen molar-refractivity contribution in [3.63, 3.8) is 0 Å². The molecule has 1 aliphatic heterocycles. The summed E-state index contributed by atoms with van der Waals surface area (Å²) in [5.74, 6) is 1.32. The number of ether oxygens (including phenoxy) is 2. The zero-order chi connectivity index (χ0) is 18.9. The molecule has 2 aromatic carbocycles. The molecule has 0 amide bonds. The van der Waals surface area contributed by atoms with Gasteiger partial charge in [-0.05, 0) is 44.0 Å². The second kappa shape index (κ2) is 6.83. The third-order valence-electron chi connectivity index (χ3n) is 4.47. The van der Waals surface area contributed by atoms with Crippen LogP contribution in [0.15, 0.2) is 42.5 Å². The van der Waals surface area contributed by atoms with E-state index in [1.165, 1.54) is 0 Å². The average Bonchev–Trinajstić information content (AvgIpc) is 2.57. The van der Waals surface area contributed by atoms with Gasteiger partial charge in [0.25, 0.3) is 0 Å². The van der Waals surface area contributed by atoms with Crippen LogP contribution in [0.5, 0.6) is 11.5 Å². The first-order chi connectivity index (χ1) is 12.2. The van der Waals surface area contributed by atoms with E-state index < -0.39 is 17.3 Å². The zero-order valence-electron chi connectivity index (χ0n) is 14.8. The van der Waals surface area contributed by atoms with Crippen molar-refractivity contribution in [3.8, 4) is 11.5 Å². The maximum atomic E-state index is 12.8. The lowest BCUT2D eigenvalue weighted by Gasteiger charge is -2.38. The molecule has 2 N–H and O–H groups in total. The Morgan fingerprint density at radius 2 is 1.85 bits per heavy atom. The van der Waals surface area contributed by atoms with Gasteiger partial charge in [-0.1, -0.05) is 18.2 Å². The number of hydrogen-bond acceptors (Lipinski definition) is 3. The molecule has 1 heterocycles. The smallest absolute Gasteiger partial charge is 0.416 e. The van der Waals surface area contributed by atoms with Gasteiger partial charge < -0.3 is 15.2 Å². The molecule has 0 saturated heterocycles. The van der Waals surface area contributed by atoms with Crippen molar-refractivity contribution in [2.75, 3.05) is 13.2 Å². The van der Waals surface area contributed by atoms with Gasteiger partial charge >= 0.3 is 6.18 Å². The lowest BCUT2D eigenvalue weighted by molar-refractivity contribution is -0.137. The Balaban J connectivity index is 1.96. The Morgan fingerprint density at radius 3 is 2.46 bits per heavy atom. The van der Waals surface area contributed by atoms with Crippen LogP contribution >= 0.6 is 0 Å². The second-order valence-corrected chi connectivity index (χ2v) is 7.08. The van der Waals surface area contributed by atoms with Crippen LogP contribution in [0.1, 0.15) is 42.9 Å². The summed E-state index contributed by atoms with van der Waals surface area (Å²) >= 11 is 0. The van der Waals surface area contributed by atoms with Crippen LogP contribution in [0.3, 0.4) is 0 Å². The fourth-order valence-corrected chi connectivity index (χ4v) is 3.30.